The van der Waals surface area contributed by atoms with Gasteiger partial charge in [0.2, 0.25) is 5.91 Å². The molecule has 23 heavy (non-hydrogen) atoms. The van der Waals surface area contributed by atoms with Crippen LogP contribution in [-0.4, -0.2) is 30.1 Å². The van der Waals surface area contributed by atoms with E-state index in [1.54, 1.807) is 43.5 Å². The third-order valence-corrected chi connectivity index (χ3v) is 3.65. The van der Waals surface area contributed by atoms with Crippen molar-refractivity contribution in [2.75, 3.05) is 17.3 Å². The minimum absolute atomic E-state index is 0.00676. The minimum Gasteiger partial charge on any atom is -0.508 e. The van der Waals surface area contributed by atoms with Crippen molar-refractivity contribution in [1.29, 1.82) is 0 Å². The lowest BCUT2D eigenvalue weighted by atomic mass is 10.2. The average Bonchev–Trinajstić information content (AvgIpc) is 2.81. The third kappa shape index (κ3) is 2.96. The molecule has 1 saturated heterocycles. The van der Waals surface area contributed by atoms with Crippen LogP contribution in [0, 0.1) is 0 Å². The van der Waals surface area contributed by atoms with Crippen molar-refractivity contribution in [3.8, 4) is 11.5 Å². The molecule has 2 aromatic rings. The highest BCUT2D eigenvalue weighted by Crippen LogP contribution is 2.28. The van der Waals surface area contributed by atoms with E-state index in [9.17, 15) is 14.7 Å². The molecule has 1 atom stereocenters. The van der Waals surface area contributed by atoms with Gasteiger partial charge in [-0.15, -0.1) is 0 Å². The fourth-order valence-corrected chi connectivity index (χ4v) is 2.56. The molecule has 0 radical (unpaired) electrons. The summed E-state index contributed by atoms with van der Waals surface area (Å²) >= 11 is 0. The molecule has 0 aromatic heterocycles. The zero-order valence-corrected chi connectivity index (χ0v) is 12.5. The van der Waals surface area contributed by atoms with E-state index in [0.29, 0.717) is 17.1 Å². The van der Waals surface area contributed by atoms with Crippen molar-refractivity contribution >= 4 is 23.2 Å². The van der Waals surface area contributed by atoms with Gasteiger partial charge in [0.1, 0.15) is 17.5 Å². The highest BCUT2D eigenvalue weighted by Gasteiger charge is 2.39. The van der Waals surface area contributed by atoms with Gasteiger partial charge in [0, 0.05) is 17.8 Å². The van der Waals surface area contributed by atoms with E-state index in [1.807, 2.05) is 0 Å². The zero-order valence-electron chi connectivity index (χ0n) is 12.5. The van der Waals surface area contributed by atoms with Gasteiger partial charge in [-0.2, -0.15) is 0 Å². The number of carbonyl (C=O) groups is 2. The third-order valence-electron chi connectivity index (χ3n) is 3.65. The molecule has 2 aromatic carbocycles. The van der Waals surface area contributed by atoms with Gasteiger partial charge in [0.15, 0.2) is 0 Å². The highest BCUT2D eigenvalue weighted by atomic mass is 16.5. The number of nitrogens with one attached hydrogen (secondary N) is 1. The molecule has 1 aliphatic heterocycles. The van der Waals surface area contributed by atoms with E-state index < -0.39 is 6.04 Å². The molecule has 1 heterocycles. The van der Waals surface area contributed by atoms with E-state index in [4.69, 9.17) is 4.74 Å². The predicted molar refractivity (Wildman–Crippen MR) is 85.6 cm³/mol. The van der Waals surface area contributed by atoms with E-state index in [2.05, 4.69) is 5.32 Å². The van der Waals surface area contributed by atoms with Crippen molar-refractivity contribution < 1.29 is 19.4 Å². The number of rotatable bonds is 4. The summed E-state index contributed by atoms with van der Waals surface area (Å²) in [6.45, 7) is 0. The molecular weight excluding hydrogens is 296 g/mol. The van der Waals surface area contributed by atoms with Gasteiger partial charge >= 0.3 is 0 Å². The Hall–Kier alpha value is -3.02. The van der Waals surface area contributed by atoms with Gasteiger partial charge in [-0.05, 0) is 24.3 Å². The first-order valence-corrected chi connectivity index (χ1v) is 7.15. The smallest absolute Gasteiger partial charge is 0.256 e. The normalized spacial score (nSPS) is 17.4. The van der Waals surface area contributed by atoms with Crippen LogP contribution in [0.5, 0.6) is 11.5 Å². The number of carbonyl (C=O) groups excluding carboxylic acids is 2. The molecule has 1 unspecified atom stereocenters. The molecule has 0 bridgehead atoms. The molecular formula is C17H16N2O4. The van der Waals surface area contributed by atoms with Crippen molar-refractivity contribution in [3.63, 3.8) is 0 Å². The Morgan fingerprint density at radius 3 is 2.70 bits per heavy atom. The number of benzene rings is 2. The largest absolute Gasteiger partial charge is 0.508 e. The number of amides is 2. The molecule has 6 nitrogen and oxygen atoms in total. The first-order valence-electron chi connectivity index (χ1n) is 7.15. The second kappa shape index (κ2) is 6.00. The Balaban J connectivity index is 1.81. The quantitative estimate of drug-likeness (QED) is 0.846. The summed E-state index contributed by atoms with van der Waals surface area (Å²) in [7, 11) is 1.56. The summed E-state index contributed by atoms with van der Waals surface area (Å²) in [6.07, 6.45) is 0.0612. The molecule has 1 fully saturated rings. The Bertz CT molecular complexity index is 760. The van der Waals surface area contributed by atoms with Gasteiger partial charge < -0.3 is 15.2 Å². The topological polar surface area (TPSA) is 78.9 Å². The van der Waals surface area contributed by atoms with Crippen LogP contribution in [0.4, 0.5) is 11.4 Å². The predicted octanol–water partition coefficient (Wildman–Crippen LogP) is 2.14. The SMILES string of the molecule is COc1cccc(NC2CC(=O)N(c3cccc(O)c3)C2=O)c1. The maximum absolute atomic E-state index is 12.5. The fraction of sp³-hybridized carbons (Fsp3) is 0.176. The molecule has 2 N–H and O–H groups in total. The van der Waals surface area contributed by atoms with Crippen LogP contribution in [0.2, 0.25) is 0 Å². The van der Waals surface area contributed by atoms with Crippen LogP contribution in [0.3, 0.4) is 0 Å². The number of phenols is 1. The molecule has 2 amide bonds. The van der Waals surface area contributed by atoms with E-state index in [0.717, 1.165) is 4.90 Å². The summed E-state index contributed by atoms with van der Waals surface area (Å²) in [5.41, 5.74) is 1.07. The first-order chi connectivity index (χ1) is 11.1. The molecule has 0 saturated carbocycles. The van der Waals surface area contributed by atoms with Gasteiger partial charge in [0.05, 0.1) is 19.2 Å². The lowest BCUT2D eigenvalue weighted by Crippen LogP contribution is -2.34. The van der Waals surface area contributed by atoms with Crippen molar-refractivity contribution in [2.45, 2.75) is 12.5 Å². The Labute approximate surface area is 133 Å². The standard InChI is InChI=1S/C17H16N2O4/c1-23-14-7-2-4-11(8-14)18-15-10-16(21)19(17(15)22)12-5-3-6-13(20)9-12/h2-9,15,18,20H,10H2,1H3. The minimum atomic E-state index is -0.642. The Morgan fingerprint density at radius 1 is 1.17 bits per heavy atom. The second-order valence-electron chi connectivity index (χ2n) is 5.22. The molecule has 0 spiro atoms. The summed E-state index contributed by atoms with van der Waals surface area (Å²) < 4.78 is 5.14. The number of ether oxygens (including phenoxy) is 1. The second-order valence-corrected chi connectivity index (χ2v) is 5.22. The lowest BCUT2D eigenvalue weighted by Gasteiger charge is -2.16. The summed E-state index contributed by atoms with van der Waals surface area (Å²) in [4.78, 5) is 25.8. The highest BCUT2D eigenvalue weighted by molar-refractivity contribution is 6.23. The van der Waals surface area contributed by atoms with Crippen LogP contribution < -0.4 is 15.0 Å². The number of phenolic OH excluding ortho intramolecular Hbond substituents is 1. The molecule has 0 aliphatic carbocycles. The number of anilines is 2. The van der Waals surface area contributed by atoms with Gasteiger partial charge in [-0.3, -0.25) is 9.59 Å². The number of aromatic hydroxyl groups is 1. The Kier molecular flexibility index (Phi) is 3.89. The van der Waals surface area contributed by atoms with Crippen molar-refractivity contribution in [3.05, 3.63) is 48.5 Å². The summed E-state index contributed by atoms with van der Waals surface area (Å²) in [5, 5.41) is 12.6. The monoisotopic (exact) mass is 312 g/mol. The van der Waals surface area contributed by atoms with Gasteiger partial charge in [-0.25, -0.2) is 4.90 Å². The number of methoxy groups -OCH3 is 1. The van der Waals surface area contributed by atoms with Crippen LogP contribution in [0.25, 0.3) is 0 Å². The number of imide groups is 1. The number of nitrogens with zero attached hydrogens (tertiary/aromatic N) is 1. The average molecular weight is 312 g/mol. The maximum atomic E-state index is 12.5. The fourth-order valence-electron chi connectivity index (χ4n) is 2.56. The molecule has 118 valence electrons. The number of hydrogen-bond donors (Lipinski definition) is 2. The molecule has 6 heteroatoms. The first kappa shape index (κ1) is 14.9. The van der Waals surface area contributed by atoms with Gasteiger partial charge in [0.25, 0.3) is 5.91 Å². The Morgan fingerprint density at radius 2 is 1.96 bits per heavy atom. The molecule has 3 rings (SSSR count). The van der Waals surface area contributed by atoms with Crippen molar-refractivity contribution in [1.82, 2.24) is 0 Å². The van der Waals surface area contributed by atoms with Crippen LogP contribution >= 0.6 is 0 Å². The van der Waals surface area contributed by atoms with Crippen molar-refractivity contribution in [2.24, 2.45) is 0 Å². The van der Waals surface area contributed by atoms with Gasteiger partial charge in [-0.1, -0.05) is 12.1 Å². The van der Waals surface area contributed by atoms with E-state index >= 15 is 0 Å². The van der Waals surface area contributed by atoms with Crippen LogP contribution in [0.15, 0.2) is 48.5 Å². The van der Waals surface area contributed by atoms with E-state index in [1.165, 1.54) is 12.1 Å². The summed E-state index contributed by atoms with van der Waals surface area (Å²) in [6, 6.07) is 12.6. The van der Waals surface area contributed by atoms with Crippen LogP contribution in [0.1, 0.15) is 6.42 Å². The van der Waals surface area contributed by atoms with E-state index in [-0.39, 0.29) is 24.0 Å². The summed E-state index contributed by atoms with van der Waals surface area (Å²) in [5.74, 6) is 0.0216. The maximum Gasteiger partial charge on any atom is 0.256 e. The molecule has 1 aliphatic rings. The van der Waals surface area contributed by atoms with Crippen LogP contribution in [-0.2, 0) is 9.59 Å². The lowest BCUT2D eigenvalue weighted by molar-refractivity contribution is -0.121. The zero-order chi connectivity index (χ0) is 16.4. The number of hydrogen-bond acceptors (Lipinski definition) is 5.